The minimum Gasteiger partial charge on any atom is -0.311 e. The Morgan fingerprint density at radius 2 is 1.93 bits per heavy atom. The Labute approximate surface area is 159 Å². The number of imide groups is 1. The number of urea groups is 1. The van der Waals surface area contributed by atoms with Crippen molar-refractivity contribution >= 4 is 29.4 Å². The Morgan fingerprint density at radius 1 is 1.11 bits per heavy atom. The van der Waals surface area contributed by atoms with Crippen LogP contribution < -0.4 is 4.90 Å². The highest BCUT2D eigenvalue weighted by Crippen LogP contribution is 2.37. The molecule has 1 fully saturated rings. The van der Waals surface area contributed by atoms with Crippen LogP contribution in [0, 0.1) is 18.6 Å². The number of hydrogen-bond donors (Lipinski definition) is 0. The topological polar surface area (TPSA) is 40.6 Å². The number of carbonyl (C=O) groups is 2. The number of anilines is 1. The van der Waals surface area contributed by atoms with Crippen LogP contribution in [0.3, 0.4) is 0 Å². The molecule has 2 aromatic rings. The van der Waals surface area contributed by atoms with Gasteiger partial charge in [-0.15, -0.1) is 11.8 Å². The van der Waals surface area contributed by atoms with Gasteiger partial charge in [-0.1, -0.05) is 24.3 Å². The highest BCUT2D eigenvalue weighted by Gasteiger charge is 2.47. The molecule has 3 amide bonds. The average molecular weight is 386 g/mol. The molecule has 138 valence electrons. The predicted octanol–water partition coefficient (Wildman–Crippen LogP) is 4.24. The second kappa shape index (κ2) is 6.81. The Hall–Kier alpha value is -2.67. The minimum absolute atomic E-state index is 0.0490. The zero-order chi connectivity index (χ0) is 19.1. The van der Waals surface area contributed by atoms with Crippen LogP contribution in [-0.2, 0) is 11.3 Å². The zero-order valence-corrected chi connectivity index (χ0v) is 15.2. The van der Waals surface area contributed by atoms with E-state index in [1.54, 1.807) is 29.7 Å². The zero-order valence-electron chi connectivity index (χ0n) is 14.4. The van der Waals surface area contributed by atoms with E-state index in [9.17, 15) is 18.4 Å². The van der Waals surface area contributed by atoms with Crippen LogP contribution in [0.25, 0.3) is 0 Å². The predicted molar refractivity (Wildman–Crippen MR) is 100 cm³/mol. The molecule has 0 aliphatic carbocycles. The second-order valence-electron chi connectivity index (χ2n) is 6.53. The van der Waals surface area contributed by atoms with Gasteiger partial charge in [0, 0.05) is 11.6 Å². The van der Waals surface area contributed by atoms with E-state index in [1.807, 2.05) is 13.0 Å². The number of aryl methyl sites for hydroxylation is 1. The van der Waals surface area contributed by atoms with Crippen LogP contribution in [0.2, 0.25) is 0 Å². The third-order valence-corrected chi connectivity index (χ3v) is 5.78. The molecule has 2 heterocycles. The van der Waals surface area contributed by atoms with Gasteiger partial charge in [0.25, 0.3) is 5.91 Å². The maximum Gasteiger partial charge on any atom is 0.332 e. The molecule has 27 heavy (non-hydrogen) atoms. The molecular weight excluding hydrogens is 370 g/mol. The van der Waals surface area contributed by atoms with Crippen LogP contribution >= 0.6 is 11.8 Å². The standard InChI is InChI=1S/C20H16F2N2O2S/c1-12-3-2-4-15(9-12)24-19(25)18-17(7-8-27-18)23(20(24)26)11-13-5-6-14(21)10-16(13)22/h2-10,17-18H,11H2,1H3. The van der Waals surface area contributed by atoms with Crippen molar-refractivity contribution in [3.8, 4) is 0 Å². The van der Waals surface area contributed by atoms with E-state index >= 15 is 0 Å². The highest BCUT2D eigenvalue weighted by molar-refractivity contribution is 8.03. The first-order valence-corrected chi connectivity index (χ1v) is 9.37. The molecule has 2 unspecified atom stereocenters. The van der Waals surface area contributed by atoms with Gasteiger partial charge in [0.05, 0.1) is 18.3 Å². The number of thioether (sulfide) groups is 1. The summed E-state index contributed by atoms with van der Waals surface area (Å²) in [5, 5.41) is 1.31. The van der Waals surface area contributed by atoms with Crippen molar-refractivity contribution in [1.82, 2.24) is 4.90 Å². The number of rotatable bonds is 3. The van der Waals surface area contributed by atoms with Crippen LogP contribution in [0.15, 0.2) is 53.9 Å². The summed E-state index contributed by atoms with van der Waals surface area (Å²) in [5.41, 5.74) is 1.61. The summed E-state index contributed by atoms with van der Waals surface area (Å²) >= 11 is 1.34. The average Bonchev–Trinajstić information content (AvgIpc) is 3.10. The van der Waals surface area contributed by atoms with Crippen LogP contribution in [0.4, 0.5) is 19.3 Å². The molecule has 2 aromatic carbocycles. The molecule has 0 aromatic heterocycles. The minimum atomic E-state index is -0.715. The Kier molecular flexibility index (Phi) is 4.47. The number of benzene rings is 2. The van der Waals surface area contributed by atoms with Gasteiger partial charge in [-0.3, -0.25) is 4.79 Å². The van der Waals surface area contributed by atoms with Gasteiger partial charge in [0.2, 0.25) is 0 Å². The molecule has 0 saturated carbocycles. The summed E-state index contributed by atoms with van der Waals surface area (Å²) in [6, 6.07) is 9.43. The summed E-state index contributed by atoms with van der Waals surface area (Å²) < 4.78 is 27.3. The molecule has 7 heteroatoms. The van der Waals surface area contributed by atoms with E-state index in [1.165, 1.54) is 22.7 Å². The summed E-state index contributed by atoms with van der Waals surface area (Å²) in [7, 11) is 0. The normalized spacial score (nSPS) is 21.7. The lowest BCUT2D eigenvalue weighted by atomic mass is 10.0. The van der Waals surface area contributed by atoms with E-state index < -0.39 is 29.0 Å². The Morgan fingerprint density at radius 3 is 2.67 bits per heavy atom. The van der Waals surface area contributed by atoms with Gasteiger partial charge in [0.1, 0.15) is 16.9 Å². The Bertz CT molecular complexity index is 963. The molecule has 0 bridgehead atoms. The number of amides is 3. The van der Waals surface area contributed by atoms with Crippen LogP contribution in [0.5, 0.6) is 0 Å². The van der Waals surface area contributed by atoms with Crippen molar-refractivity contribution < 1.29 is 18.4 Å². The number of nitrogens with zero attached hydrogens (tertiary/aromatic N) is 2. The second-order valence-corrected chi connectivity index (χ2v) is 7.59. The lowest BCUT2D eigenvalue weighted by Gasteiger charge is -2.41. The summed E-state index contributed by atoms with van der Waals surface area (Å²) in [4.78, 5) is 28.7. The third kappa shape index (κ3) is 3.12. The van der Waals surface area contributed by atoms with Crippen molar-refractivity contribution in [3.63, 3.8) is 0 Å². The van der Waals surface area contributed by atoms with Crippen LogP contribution in [-0.4, -0.2) is 28.1 Å². The number of carbonyl (C=O) groups excluding carboxylic acids is 2. The van der Waals surface area contributed by atoms with Crippen molar-refractivity contribution in [2.45, 2.75) is 24.8 Å². The van der Waals surface area contributed by atoms with E-state index in [0.29, 0.717) is 5.69 Å². The van der Waals surface area contributed by atoms with Crippen molar-refractivity contribution in [2.75, 3.05) is 4.90 Å². The number of fused-ring (bicyclic) bond motifs is 1. The molecule has 0 N–H and O–H groups in total. The van der Waals surface area contributed by atoms with E-state index in [4.69, 9.17) is 0 Å². The Balaban J connectivity index is 1.72. The quantitative estimate of drug-likeness (QED) is 0.792. The van der Waals surface area contributed by atoms with Crippen molar-refractivity contribution in [2.24, 2.45) is 0 Å². The maximum absolute atomic E-state index is 14.1. The molecule has 2 atom stereocenters. The van der Waals surface area contributed by atoms with Gasteiger partial charge in [0.15, 0.2) is 0 Å². The van der Waals surface area contributed by atoms with Gasteiger partial charge in [-0.25, -0.2) is 18.5 Å². The summed E-state index contributed by atoms with van der Waals surface area (Å²) in [6.07, 6.45) is 1.78. The molecule has 1 saturated heterocycles. The third-order valence-electron chi connectivity index (χ3n) is 4.69. The smallest absolute Gasteiger partial charge is 0.311 e. The van der Waals surface area contributed by atoms with E-state index in [0.717, 1.165) is 22.6 Å². The number of halogens is 2. The van der Waals surface area contributed by atoms with Crippen molar-refractivity contribution in [3.05, 3.63) is 76.7 Å². The SMILES string of the molecule is Cc1cccc(N2C(=O)C3SC=CC3N(Cc3ccc(F)cc3F)C2=O)c1. The largest absolute Gasteiger partial charge is 0.332 e. The summed E-state index contributed by atoms with van der Waals surface area (Å²) in [6.45, 7) is 1.83. The van der Waals surface area contributed by atoms with E-state index in [2.05, 4.69) is 0 Å². The number of hydrogen-bond acceptors (Lipinski definition) is 3. The fourth-order valence-corrected chi connectivity index (χ4v) is 4.39. The maximum atomic E-state index is 14.1. The first kappa shape index (κ1) is 17.7. The lowest BCUT2D eigenvalue weighted by molar-refractivity contribution is -0.119. The molecule has 2 aliphatic heterocycles. The summed E-state index contributed by atoms with van der Waals surface area (Å²) in [5.74, 6) is -1.68. The molecular formula is C20H16F2N2O2S. The van der Waals surface area contributed by atoms with Gasteiger partial charge in [-0.2, -0.15) is 0 Å². The van der Waals surface area contributed by atoms with Gasteiger partial charge in [-0.05, 0) is 36.1 Å². The van der Waals surface area contributed by atoms with Crippen molar-refractivity contribution in [1.29, 1.82) is 0 Å². The van der Waals surface area contributed by atoms with E-state index in [-0.39, 0.29) is 18.0 Å². The van der Waals surface area contributed by atoms with Crippen LogP contribution in [0.1, 0.15) is 11.1 Å². The molecule has 0 spiro atoms. The fraction of sp³-hybridized carbons (Fsp3) is 0.200. The molecule has 0 radical (unpaired) electrons. The van der Waals surface area contributed by atoms with Gasteiger partial charge >= 0.3 is 6.03 Å². The molecule has 2 aliphatic rings. The highest BCUT2D eigenvalue weighted by atomic mass is 32.2. The monoisotopic (exact) mass is 386 g/mol. The first-order valence-electron chi connectivity index (χ1n) is 8.43. The first-order chi connectivity index (χ1) is 13.0. The lowest BCUT2D eigenvalue weighted by Crippen LogP contribution is -2.61. The van der Waals surface area contributed by atoms with Gasteiger partial charge < -0.3 is 4.90 Å². The fourth-order valence-electron chi connectivity index (χ4n) is 3.35. The molecule has 4 rings (SSSR count). The molecule has 4 nitrogen and oxygen atoms in total.